The number of benzene rings is 1. The molecule has 0 spiro atoms. The van der Waals surface area contributed by atoms with E-state index < -0.39 is 5.97 Å². The fourth-order valence-electron chi connectivity index (χ4n) is 1.59. The minimum Gasteiger partial charge on any atom is -0.481 e. The smallest absolute Gasteiger partial charge is 0.307 e. The van der Waals surface area contributed by atoms with Gasteiger partial charge in [0, 0.05) is 5.02 Å². The second-order valence-corrected chi connectivity index (χ2v) is 3.72. The number of carbonyl (C=O) groups is 1. The number of aliphatic carboxylic acids is 1. The zero-order chi connectivity index (χ0) is 9.42. The summed E-state index contributed by atoms with van der Waals surface area (Å²) in [6.45, 7) is 0. The molecule has 2 nitrogen and oxygen atoms in total. The van der Waals surface area contributed by atoms with Crippen LogP contribution in [0.25, 0.3) is 0 Å². The van der Waals surface area contributed by atoms with E-state index in [0.717, 1.165) is 12.0 Å². The van der Waals surface area contributed by atoms with Gasteiger partial charge < -0.3 is 5.11 Å². The predicted octanol–water partition coefficient (Wildman–Crippen LogP) is 2.53. The van der Waals surface area contributed by atoms with E-state index in [4.69, 9.17) is 16.7 Å². The molecule has 0 bridgehead atoms. The number of hydrogen-bond donors (Lipinski definition) is 1. The summed E-state index contributed by atoms with van der Waals surface area (Å²) in [6, 6.07) is 7.44. The van der Waals surface area contributed by atoms with Crippen LogP contribution in [0, 0.1) is 5.92 Å². The Morgan fingerprint density at radius 2 is 2.15 bits per heavy atom. The summed E-state index contributed by atoms with van der Waals surface area (Å²) in [5.74, 6) is -0.809. The van der Waals surface area contributed by atoms with E-state index in [1.54, 1.807) is 6.07 Å². The largest absolute Gasteiger partial charge is 0.481 e. The molecule has 0 heterocycles. The van der Waals surface area contributed by atoms with Gasteiger partial charge in [-0.2, -0.15) is 0 Å². The van der Waals surface area contributed by atoms with Crippen molar-refractivity contribution in [3.8, 4) is 0 Å². The molecule has 1 aromatic rings. The first-order valence-corrected chi connectivity index (χ1v) is 4.55. The van der Waals surface area contributed by atoms with Gasteiger partial charge in [0.25, 0.3) is 0 Å². The Hall–Kier alpha value is -1.02. The van der Waals surface area contributed by atoms with Crippen LogP contribution in [0.5, 0.6) is 0 Å². The number of hydrogen-bond acceptors (Lipinski definition) is 1. The van der Waals surface area contributed by atoms with E-state index in [9.17, 15) is 4.79 Å². The summed E-state index contributed by atoms with van der Waals surface area (Å²) in [7, 11) is 0. The lowest BCUT2D eigenvalue weighted by atomic mass is 10.1. The van der Waals surface area contributed by atoms with Crippen LogP contribution in [0.3, 0.4) is 0 Å². The standard InChI is InChI=1S/C10H9ClO2/c11-9-4-2-1-3-6(9)7-5-8(7)10(12)13/h1-4,7-8H,5H2,(H,12,13)/t7?,8-/m1/s1. The van der Waals surface area contributed by atoms with E-state index in [0.29, 0.717) is 5.02 Å². The van der Waals surface area contributed by atoms with Gasteiger partial charge in [-0.3, -0.25) is 4.79 Å². The van der Waals surface area contributed by atoms with Gasteiger partial charge in [0.2, 0.25) is 0 Å². The Bertz CT molecular complexity index is 349. The fraction of sp³-hybridized carbons (Fsp3) is 0.300. The molecule has 68 valence electrons. The Morgan fingerprint density at radius 3 is 2.69 bits per heavy atom. The Balaban J connectivity index is 2.21. The number of carboxylic acids is 1. The zero-order valence-electron chi connectivity index (χ0n) is 6.90. The molecular formula is C10H9ClO2. The molecule has 1 N–H and O–H groups in total. The van der Waals surface area contributed by atoms with Crippen LogP contribution in [-0.4, -0.2) is 11.1 Å². The first kappa shape index (κ1) is 8.57. The number of halogens is 1. The monoisotopic (exact) mass is 196 g/mol. The van der Waals surface area contributed by atoms with Crippen molar-refractivity contribution in [2.24, 2.45) is 5.92 Å². The van der Waals surface area contributed by atoms with Gasteiger partial charge in [-0.25, -0.2) is 0 Å². The third-order valence-corrected chi connectivity index (χ3v) is 2.76. The van der Waals surface area contributed by atoms with E-state index >= 15 is 0 Å². The van der Waals surface area contributed by atoms with E-state index in [1.807, 2.05) is 18.2 Å². The van der Waals surface area contributed by atoms with Crippen molar-refractivity contribution < 1.29 is 9.90 Å². The van der Waals surface area contributed by atoms with Crippen molar-refractivity contribution in [2.75, 3.05) is 0 Å². The highest BCUT2D eigenvalue weighted by atomic mass is 35.5. The topological polar surface area (TPSA) is 37.3 Å². The maximum atomic E-state index is 10.6. The second kappa shape index (κ2) is 3.04. The zero-order valence-corrected chi connectivity index (χ0v) is 7.66. The Labute approximate surface area is 81.1 Å². The van der Waals surface area contributed by atoms with E-state index in [2.05, 4.69) is 0 Å². The second-order valence-electron chi connectivity index (χ2n) is 3.31. The molecule has 13 heavy (non-hydrogen) atoms. The molecular weight excluding hydrogens is 188 g/mol. The van der Waals surface area contributed by atoms with Crippen molar-refractivity contribution in [1.29, 1.82) is 0 Å². The highest BCUT2D eigenvalue weighted by Crippen LogP contribution is 2.49. The summed E-state index contributed by atoms with van der Waals surface area (Å²) in [6.07, 6.45) is 0.721. The summed E-state index contributed by atoms with van der Waals surface area (Å²) >= 11 is 5.94. The molecule has 3 heteroatoms. The quantitative estimate of drug-likeness (QED) is 0.789. The number of rotatable bonds is 2. The molecule has 1 unspecified atom stereocenters. The molecule has 2 atom stereocenters. The maximum Gasteiger partial charge on any atom is 0.307 e. The summed E-state index contributed by atoms with van der Waals surface area (Å²) in [5, 5.41) is 9.41. The van der Waals surface area contributed by atoms with Crippen molar-refractivity contribution in [3.63, 3.8) is 0 Å². The predicted molar refractivity (Wildman–Crippen MR) is 49.9 cm³/mol. The highest BCUT2D eigenvalue weighted by Gasteiger charge is 2.44. The Kier molecular flexibility index (Phi) is 2.00. The Morgan fingerprint density at radius 1 is 1.46 bits per heavy atom. The molecule has 0 amide bonds. The van der Waals surface area contributed by atoms with Crippen LogP contribution < -0.4 is 0 Å². The molecule has 1 saturated carbocycles. The molecule has 2 rings (SSSR count). The maximum absolute atomic E-state index is 10.6. The van der Waals surface area contributed by atoms with Crippen LogP contribution in [0.4, 0.5) is 0 Å². The van der Waals surface area contributed by atoms with Gasteiger partial charge >= 0.3 is 5.97 Å². The highest BCUT2D eigenvalue weighted by molar-refractivity contribution is 6.31. The molecule has 1 aromatic carbocycles. The normalized spacial score (nSPS) is 25.6. The average molecular weight is 197 g/mol. The molecule has 0 aromatic heterocycles. The third-order valence-electron chi connectivity index (χ3n) is 2.41. The summed E-state index contributed by atoms with van der Waals surface area (Å²) in [4.78, 5) is 10.6. The molecule has 1 aliphatic carbocycles. The lowest BCUT2D eigenvalue weighted by Gasteiger charge is -2.00. The lowest BCUT2D eigenvalue weighted by Crippen LogP contribution is -1.98. The molecule has 0 radical (unpaired) electrons. The van der Waals surface area contributed by atoms with Gasteiger partial charge in [-0.1, -0.05) is 29.8 Å². The van der Waals surface area contributed by atoms with Gasteiger partial charge in [-0.05, 0) is 24.0 Å². The van der Waals surface area contributed by atoms with Gasteiger partial charge in [0.1, 0.15) is 0 Å². The lowest BCUT2D eigenvalue weighted by molar-refractivity contribution is -0.138. The van der Waals surface area contributed by atoms with Gasteiger partial charge in [-0.15, -0.1) is 0 Å². The van der Waals surface area contributed by atoms with Crippen molar-refractivity contribution in [1.82, 2.24) is 0 Å². The SMILES string of the molecule is O=C(O)[C@@H]1CC1c1ccccc1Cl. The minimum atomic E-state index is -0.718. The van der Waals surface area contributed by atoms with Gasteiger partial charge in [0.15, 0.2) is 0 Å². The van der Waals surface area contributed by atoms with E-state index in [1.165, 1.54) is 0 Å². The first-order chi connectivity index (χ1) is 6.20. The van der Waals surface area contributed by atoms with Crippen molar-refractivity contribution in [3.05, 3.63) is 34.9 Å². The van der Waals surface area contributed by atoms with Gasteiger partial charge in [0.05, 0.1) is 5.92 Å². The number of carboxylic acid groups (broad SMARTS) is 1. The van der Waals surface area contributed by atoms with Crippen LogP contribution in [0.15, 0.2) is 24.3 Å². The average Bonchev–Trinajstić information content (AvgIpc) is 2.84. The summed E-state index contributed by atoms with van der Waals surface area (Å²) < 4.78 is 0. The van der Waals surface area contributed by atoms with Crippen LogP contribution in [0.1, 0.15) is 17.9 Å². The molecule has 1 aliphatic rings. The first-order valence-electron chi connectivity index (χ1n) is 4.17. The third kappa shape index (κ3) is 1.54. The summed E-state index contributed by atoms with van der Waals surface area (Å²) in [5.41, 5.74) is 0.969. The molecule has 0 aliphatic heterocycles. The molecule has 1 fully saturated rings. The van der Waals surface area contributed by atoms with Crippen LogP contribution in [-0.2, 0) is 4.79 Å². The fourth-order valence-corrected chi connectivity index (χ4v) is 1.86. The van der Waals surface area contributed by atoms with Crippen LogP contribution in [0.2, 0.25) is 5.02 Å². The molecule has 0 saturated heterocycles. The van der Waals surface area contributed by atoms with Crippen molar-refractivity contribution >= 4 is 17.6 Å². The van der Waals surface area contributed by atoms with Crippen molar-refractivity contribution in [2.45, 2.75) is 12.3 Å². The van der Waals surface area contributed by atoms with E-state index in [-0.39, 0.29) is 11.8 Å². The van der Waals surface area contributed by atoms with Crippen LogP contribution >= 0.6 is 11.6 Å². The minimum absolute atomic E-state index is 0.131.